The van der Waals surface area contributed by atoms with Crippen molar-refractivity contribution in [3.8, 4) is 0 Å². The fourth-order valence-electron chi connectivity index (χ4n) is 1.21. The van der Waals surface area contributed by atoms with Crippen LogP contribution in [0.4, 0.5) is 4.39 Å². The van der Waals surface area contributed by atoms with Crippen molar-refractivity contribution in [2.75, 3.05) is 13.2 Å². The first-order valence-corrected chi connectivity index (χ1v) is 5.49. The summed E-state index contributed by atoms with van der Waals surface area (Å²) in [6, 6.07) is 5.78. The molecule has 1 rings (SSSR count). The molecule has 1 amide bonds. The highest BCUT2D eigenvalue weighted by atomic mass is 19.1. The van der Waals surface area contributed by atoms with E-state index in [9.17, 15) is 14.0 Å². The summed E-state index contributed by atoms with van der Waals surface area (Å²) < 4.78 is 17.5. The second kappa shape index (κ2) is 7.21. The maximum atomic E-state index is 12.8. The third-order valence-corrected chi connectivity index (χ3v) is 1.98. The Kier molecular flexibility index (Phi) is 5.57. The van der Waals surface area contributed by atoms with Gasteiger partial charge >= 0.3 is 5.97 Å². The standard InChI is InChI=1S/C13H14FNO3/c1-2-15-12(16)9-18-13(17)7-6-10-4-3-5-11(14)8-10/h3-8H,2,9H2,1H3,(H,15,16)/b7-6+. The molecule has 96 valence electrons. The predicted octanol–water partition coefficient (Wildman–Crippen LogP) is 1.52. The summed E-state index contributed by atoms with van der Waals surface area (Å²) in [5.41, 5.74) is 0.546. The maximum Gasteiger partial charge on any atom is 0.331 e. The average molecular weight is 251 g/mol. The van der Waals surface area contributed by atoms with Crippen molar-refractivity contribution in [1.82, 2.24) is 5.32 Å². The highest BCUT2D eigenvalue weighted by Crippen LogP contribution is 2.05. The monoisotopic (exact) mass is 251 g/mol. The van der Waals surface area contributed by atoms with Crippen molar-refractivity contribution in [3.63, 3.8) is 0 Å². The number of carbonyl (C=O) groups excluding carboxylic acids is 2. The smallest absolute Gasteiger partial charge is 0.331 e. The molecule has 1 aromatic rings. The van der Waals surface area contributed by atoms with Crippen LogP contribution in [-0.4, -0.2) is 25.0 Å². The minimum absolute atomic E-state index is 0.319. The number of halogens is 1. The summed E-state index contributed by atoms with van der Waals surface area (Å²) in [6.07, 6.45) is 2.57. The number of ether oxygens (including phenoxy) is 1. The molecule has 0 unspecified atom stereocenters. The van der Waals surface area contributed by atoms with Crippen LogP contribution < -0.4 is 5.32 Å². The molecular weight excluding hydrogens is 237 g/mol. The number of amides is 1. The Labute approximate surface area is 104 Å². The van der Waals surface area contributed by atoms with Crippen molar-refractivity contribution in [3.05, 3.63) is 41.7 Å². The molecule has 0 bridgehead atoms. The second-order valence-corrected chi connectivity index (χ2v) is 3.45. The molecule has 5 heteroatoms. The van der Waals surface area contributed by atoms with Crippen molar-refractivity contribution >= 4 is 18.0 Å². The molecule has 1 N–H and O–H groups in total. The van der Waals surface area contributed by atoms with Gasteiger partial charge in [-0.2, -0.15) is 0 Å². The number of hydrogen-bond donors (Lipinski definition) is 1. The molecule has 4 nitrogen and oxygen atoms in total. The molecule has 1 aromatic carbocycles. The van der Waals surface area contributed by atoms with E-state index in [2.05, 4.69) is 10.1 Å². The van der Waals surface area contributed by atoms with Crippen LogP contribution in [0.25, 0.3) is 6.08 Å². The van der Waals surface area contributed by atoms with Gasteiger partial charge < -0.3 is 10.1 Å². The van der Waals surface area contributed by atoms with Crippen LogP contribution in [0.2, 0.25) is 0 Å². The first kappa shape index (κ1) is 13.9. The van der Waals surface area contributed by atoms with Gasteiger partial charge in [-0.05, 0) is 30.7 Å². The van der Waals surface area contributed by atoms with E-state index < -0.39 is 5.97 Å². The SMILES string of the molecule is CCNC(=O)COC(=O)/C=C/c1cccc(F)c1. The fourth-order valence-corrected chi connectivity index (χ4v) is 1.21. The molecule has 0 saturated heterocycles. The summed E-state index contributed by atoms with van der Waals surface area (Å²) in [7, 11) is 0. The van der Waals surface area contributed by atoms with E-state index in [0.29, 0.717) is 12.1 Å². The lowest BCUT2D eigenvalue weighted by Gasteiger charge is -2.01. The number of esters is 1. The molecule has 0 saturated carbocycles. The van der Waals surface area contributed by atoms with Crippen LogP contribution in [0.15, 0.2) is 30.3 Å². The molecule has 0 aliphatic rings. The van der Waals surface area contributed by atoms with Gasteiger partial charge in [0.25, 0.3) is 5.91 Å². The Morgan fingerprint density at radius 1 is 1.44 bits per heavy atom. The van der Waals surface area contributed by atoms with Gasteiger partial charge in [-0.15, -0.1) is 0 Å². The first-order valence-electron chi connectivity index (χ1n) is 5.49. The fraction of sp³-hybridized carbons (Fsp3) is 0.231. The van der Waals surface area contributed by atoms with E-state index in [1.54, 1.807) is 13.0 Å². The Balaban J connectivity index is 2.42. The Morgan fingerprint density at radius 3 is 2.89 bits per heavy atom. The number of benzene rings is 1. The van der Waals surface area contributed by atoms with Crippen molar-refractivity contribution < 1.29 is 18.7 Å². The van der Waals surface area contributed by atoms with Gasteiger partial charge in [0.05, 0.1) is 0 Å². The first-order chi connectivity index (χ1) is 8.61. The van der Waals surface area contributed by atoms with E-state index in [-0.39, 0.29) is 18.3 Å². The Bertz CT molecular complexity index is 457. The summed E-state index contributed by atoms with van der Waals surface area (Å²) >= 11 is 0. The van der Waals surface area contributed by atoms with E-state index in [1.807, 2.05) is 0 Å². The largest absolute Gasteiger partial charge is 0.452 e. The molecule has 0 heterocycles. The lowest BCUT2D eigenvalue weighted by atomic mass is 10.2. The van der Waals surface area contributed by atoms with E-state index in [4.69, 9.17) is 0 Å². The lowest BCUT2D eigenvalue weighted by molar-refractivity contribution is -0.143. The van der Waals surface area contributed by atoms with Gasteiger partial charge in [0.2, 0.25) is 0 Å². The number of rotatable bonds is 5. The number of carbonyl (C=O) groups is 2. The summed E-state index contributed by atoms with van der Waals surface area (Å²) in [5, 5.41) is 2.49. The molecule has 0 radical (unpaired) electrons. The van der Waals surface area contributed by atoms with Crippen LogP contribution in [0.3, 0.4) is 0 Å². The van der Waals surface area contributed by atoms with Crippen LogP contribution in [0, 0.1) is 5.82 Å². The summed E-state index contributed by atoms with van der Waals surface area (Å²) in [5.74, 6) is -1.39. The minimum Gasteiger partial charge on any atom is -0.452 e. The zero-order valence-electron chi connectivity index (χ0n) is 9.98. The van der Waals surface area contributed by atoms with Crippen LogP contribution >= 0.6 is 0 Å². The van der Waals surface area contributed by atoms with Crippen LogP contribution in [0.5, 0.6) is 0 Å². The van der Waals surface area contributed by atoms with Crippen LogP contribution in [-0.2, 0) is 14.3 Å². The van der Waals surface area contributed by atoms with Crippen molar-refractivity contribution in [1.29, 1.82) is 0 Å². The molecule has 0 fully saturated rings. The Morgan fingerprint density at radius 2 is 2.22 bits per heavy atom. The van der Waals surface area contributed by atoms with Gasteiger partial charge in [0.15, 0.2) is 6.61 Å². The van der Waals surface area contributed by atoms with Crippen LogP contribution in [0.1, 0.15) is 12.5 Å². The molecule has 0 aliphatic heterocycles. The maximum absolute atomic E-state index is 12.8. The number of likely N-dealkylation sites (N-methyl/N-ethyl adjacent to an activating group) is 1. The van der Waals surface area contributed by atoms with Gasteiger partial charge in [0.1, 0.15) is 5.82 Å². The topological polar surface area (TPSA) is 55.4 Å². The average Bonchev–Trinajstić information content (AvgIpc) is 2.34. The molecule has 0 aliphatic carbocycles. The third-order valence-electron chi connectivity index (χ3n) is 1.98. The number of nitrogens with one attached hydrogen (secondary N) is 1. The van der Waals surface area contributed by atoms with E-state index >= 15 is 0 Å². The molecule has 0 aromatic heterocycles. The number of hydrogen-bond acceptors (Lipinski definition) is 3. The van der Waals surface area contributed by atoms with Crippen molar-refractivity contribution in [2.24, 2.45) is 0 Å². The summed E-state index contributed by atoms with van der Waals surface area (Å²) in [6.45, 7) is 1.93. The zero-order chi connectivity index (χ0) is 13.4. The highest BCUT2D eigenvalue weighted by molar-refractivity contribution is 5.89. The van der Waals surface area contributed by atoms with Gasteiger partial charge in [-0.25, -0.2) is 9.18 Å². The summed E-state index contributed by atoms with van der Waals surface area (Å²) in [4.78, 5) is 22.2. The molecule has 18 heavy (non-hydrogen) atoms. The Hall–Kier alpha value is -2.17. The van der Waals surface area contributed by atoms with Gasteiger partial charge in [-0.1, -0.05) is 12.1 Å². The normalized spacial score (nSPS) is 10.3. The molecular formula is C13H14FNO3. The van der Waals surface area contributed by atoms with E-state index in [0.717, 1.165) is 6.08 Å². The minimum atomic E-state index is -0.648. The van der Waals surface area contributed by atoms with Gasteiger partial charge in [0, 0.05) is 12.6 Å². The van der Waals surface area contributed by atoms with Gasteiger partial charge in [-0.3, -0.25) is 4.79 Å². The third kappa shape index (κ3) is 5.25. The molecule has 0 atom stereocenters. The lowest BCUT2D eigenvalue weighted by Crippen LogP contribution is -2.28. The second-order valence-electron chi connectivity index (χ2n) is 3.45. The zero-order valence-corrected chi connectivity index (χ0v) is 9.98. The van der Waals surface area contributed by atoms with Crippen molar-refractivity contribution in [2.45, 2.75) is 6.92 Å². The highest BCUT2D eigenvalue weighted by Gasteiger charge is 2.03. The quantitative estimate of drug-likeness (QED) is 0.637. The van der Waals surface area contributed by atoms with E-state index in [1.165, 1.54) is 24.3 Å². The molecule has 0 spiro atoms. The predicted molar refractivity (Wildman–Crippen MR) is 65.1 cm³/mol.